The number of esters is 1. The van der Waals surface area contributed by atoms with E-state index in [0.29, 0.717) is 0 Å². The van der Waals surface area contributed by atoms with Crippen LogP contribution in [0.15, 0.2) is 17.5 Å². The molecule has 3 N–H and O–H groups in total. The Kier molecular flexibility index (Phi) is 5.71. The molecule has 1 heterocycles. The molecule has 1 aromatic heterocycles. The van der Waals surface area contributed by atoms with Gasteiger partial charge in [0.25, 0.3) is 0 Å². The van der Waals surface area contributed by atoms with Gasteiger partial charge in [-0.25, -0.2) is 0 Å². The van der Waals surface area contributed by atoms with Crippen LogP contribution in [-0.4, -0.2) is 25.0 Å². The maximum absolute atomic E-state index is 12.2. The van der Waals surface area contributed by atoms with Crippen molar-refractivity contribution in [2.24, 2.45) is 11.1 Å². The van der Waals surface area contributed by atoms with Gasteiger partial charge in [-0.1, -0.05) is 26.8 Å². The highest BCUT2D eigenvalue weighted by atomic mass is 32.1. The van der Waals surface area contributed by atoms with E-state index in [1.54, 1.807) is 0 Å². The van der Waals surface area contributed by atoms with Crippen LogP contribution in [0.3, 0.4) is 0 Å². The summed E-state index contributed by atoms with van der Waals surface area (Å²) in [5.74, 6) is -0.632. The maximum atomic E-state index is 12.2. The first-order valence-corrected chi connectivity index (χ1v) is 7.30. The normalized spacial score (nSPS) is 14.4. The molecule has 1 amide bonds. The van der Waals surface area contributed by atoms with E-state index >= 15 is 0 Å². The summed E-state index contributed by atoms with van der Waals surface area (Å²) in [4.78, 5) is 24.6. The molecule has 1 aromatic rings. The van der Waals surface area contributed by atoms with Crippen LogP contribution in [0.1, 0.15) is 38.1 Å². The van der Waals surface area contributed by atoms with Crippen molar-refractivity contribution in [2.75, 3.05) is 7.11 Å². The number of carbonyl (C=O) groups excluding carboxylic acids is 2. The van der Waals surface area contributed by atoms with Crippen molar-refractivity contribution in [3.05, 3.63) is 22.4 Å². The Labute approximate surface area is 123 Å². The van der Waals surface area contributed by atoms with E-state index in [-0.39, 0.29) is 23.7 Å². The van der Waals surface area contributed by atoms with Crippen LogP contribution in [0, 0.1) is 5.41 Å². The van der Waals surface area contributed by atoms with Crippen LogP contribution in [0.2, 0.25) is 0 Å². The molecule has 0 saturated heterocycles. The van der Waals surface area contributed by atoms with Gasteiger partial charge in [-0.3, -0.25) is 9.59 Å². The fourth-order valence-corrected chi connectivity index (χ4v) is 2.40. The fourth-order valence-electron chi connectivity index (χ4n) is 1.62. The number of nitrogens with two attached hydrogens (primary N) is 1. The number of amides is 1. The lowest BCUT2D eigenvalue weighted by Gasteiger charge is -2.27. The van der Waals surface area contributed by atoms with Gasteiger partial charge in [0.2, 0.25) is 5.91 Å². The molecule has 0 bridgehead atoms. The molecule has 20 heavy (non-hydrogen) atoms. The van der Waals surface area contributed by atoms with E-state index in [9.17, 15) is 9.59 Å². The summed E-state index contributed by atoms with van der Waals surface area (Å²) >= 11 is 1.48. The second-order valence-corrected chi connectivity index (χ2v) is 6.68. The molecule has 0 aliphatic rings. The van der Waals surface area contributed by atoms with Gasteiger partial charge in [0.15, 0.2) is 0 Å². The number of nitrogens with one attached hydrogen (secondary N) is 1. The van der Waals surface area contributed by atoms with E-state index in [4.69, 9.17) is 5.73 Å². The molecule has 0 aliphatic carbocycles. The fraction of sp³-hybridized carbons (Fsp3) is 0.571. The zero-order valence-electron chi connectivity index (χ0n) is 12.3. The van der Waals surface area contributed by atoms with Gasteiger partial charge in [-0.05, 0) is 16.9 Å². The van der Waals surface area contributed by atoms with Gasteiger partial charge in [-0.2, -0.15) is 0 Å². The molecular weight excluding hydrogens is 276 g/mol. The molecule has 112 valence electrons. The van der Waals surface area contributed by atoms with Crippen molar-refractivity contribution >= 4 is 23.2 Å². The molecule has 0 aliphatic heterocycles. The molecule has 0 saturated carbocycles. The quantitative estimate of drug-likeness (QED) is 0.813. The third kappa shape index (κ3) is 4.61. The summed E-state index contributed by atoms with van der Waals surface area (Å²) in [5.41, 5.74) is 5.60. The van der Waals surface area contributed by atoms with Gasteiger partial charge < -0.3 is 15.8 Å². The van der Waals surface area contributed by atoms with Crippen LogP contribution in [-0.2, 0) is 14.3 Å². The molecule has 0 aromatic carbocycles. The first-order chi connectivity index (χ1) is 9.25. The Morgan fingerprint density at radius 3 is 2.55 bits per heavy atom. The highest BCUT2D eigenvalue weighted by molar-refractivity contribution is 7.10. The van der Waals surface area contributed by atoms with E-state index < -0.39 is 12.1 Å². The zero-order chi connectivity index (χ0) is 15.3. The monoisotopic (exact) mass is 298 g/mol. The molecule has 0 radical (unpaired) electrons. The van der Waals surface area contributed by atoms with E-state index in [1.165, 1.54) is 18.4 Å². The predicted octanol–water partition coefficient (Wildman–Crippen LogP) is 1.84. The first-order valence-electron chi connectivity index (χ1n) is 6.42. The highest BCUT2D eigenvalue weighted by Gasteiger charge is 2.30. The third-order valence-corrected chi connectivity index (χ3v) is 4.00. The molecule has 1 rings (SSSR count). The van der Waals surface area contributed by atoms with Crippen LogP contribution >= 0.6 is 11.3 Å². The maximum Gasteiger partial charge on any atom is 0.307 e. The lowest BCUT2D eigenvalue weighted by molar-refractivity contribution is -0.141. The largest absolute Gasteiger partial charge is 0.469 e. The number of ether oxygens (including phenoxy) is 1. The predicted molar refractivity (Wildman–Crippen MR) is 79.3 cm³/mol. The van der Waals surface area contributed by atoms with Crippen LogP contribution in [0.5, 0.6) is 0 Å². The average Bonchev–Trinajstić information content (AvgIpc) is 2.89. The Morgan fingerprint density at radius 2 is 2.10 bits per heavy atom. The van der Waals surface area contributed by atoms with Crippen LogP contribution < -0.4 is 11.1 Å². The minimum Gasteiger partial charge on any atom is -0.469 e. The van der Waals surface area contributed by atoms with Crippen molar-refractivity contribution in [3.8, 4) is 0 Å². The number of thiophene rings is 1. The topological polar surface area (TPSA) is 81.4 Å². The summed E-state index contributed by atoms with van der Waals surface area (Å²) in [7, 11) is 1.33. The molecule has 1 unspecified atom stereocenters. The third-order valence-electron chi connectivity index (χ3n) is 3.02. The summed E-state index contributed by atoms with van der Waals surface area (Å²) in [5, 5.41) is 4.73. The van der Waals surface area contributed by atoms with E-state index in [2.05, 4.69) is 10.1 Å². The number of hydrogen-bond donors (Lipinski definition) is 2. The standard InChI is InChI=1S/C14H22N2O3S/c1-14(2,3)12(15)13(18)16-9(8-11(17)19-4)10-6-5-7-20-10/h5-7,9,12H,8,15H2,1-4H3,(H,16,18)/t9?,12-/m0/s1. The second kappa shape index (κ2) is 6.85. The minimum atomic E-state index is -0.636. The van der Waals surface area contributed by atoms with Crippen molar-refractivity contribution in [2.45, 2.75) is 39.3 Å². The molecule has 6 heteroatoms. The van der Waals surface area contributed by atoms with Gasteiger partial charge in [0.05, 0.1) is 25.6 Å². The molecule has 5 nitrogen and oxygen atoms in total. The summed E-state index contributed by atoms with van der Waals surface area (Å²) < 4.78 is 4.67. The lowest BCUT2D eigenvalue weighted by Crippen LogP contribution is -2.49. The van der Waals surface area contributed by atoms with Gasteiger partial charge in [0, 0.05) is 4.88 Å². The molecule has 0 fully saturated rings. The van der Waals surface area contributed by atoms with Crippen molar-refractivity contribution in [1.82, 2.24) is 5.32 Å². The zero-order valence-corrected chi connectivity index (χ0v) is 13.1. The minimum absolute atomic E-state index is 0.0968. The van der Waals surface area contributed by atoms with E-state index in [0.717, 1.165) is 4.88 Å². The number of carbonyl (C=O) groups is 2. The molecular formula is C14H22N2O3S. The Balaban J connectivity index is 2.80. The summed E-state index contributed by atoms with van der Waals surface area (Å²) in [6, 6.07) is 2.72. The Bertz CT molecular complexity index is 451. The van der Waals surface area contributed by atoms with Gasteiger partial charge in [0.1, 0.15) is 0 Å². The molecule has 2 atom stereocenters. The number of methoxy groups -OCH3 is 1. The SMILES string of the molecule is COC(=O)CC(NC(=O)[C@H](N)C(C)(C)C)c1cccs1. The first kappa shape index (κ1) is 16.7. The summed E-state index contributed by atoms with van der Waals surface area (Å²) in [6.07, 6.45) is 0.0968. The lowest BCUT2D eigenvalue weighted by atomic mass is 9.86. The van der Waals surface area contributed by atoms with Crippen molar-refractivity contribution in [1.29, 1.82) is 0 Å². The van der Waals surface area contributed by atoms with Gasteiger partial charge >= 0.3 is 5.97 Å². The number of rotatable bonds is 5. The number of hydrogen-bond acceptors (Lipinski definition) is 5. The summed E-state index contributed by atoms with van der Waals surface area (Å²) in [6.45, 7) is 5.70. The van der Waals surface area contributed by atoms with Crippen molar-refractivity contribution < 1.29 is 14.3 Å². The van der Waals surface area contributed by atoms with Crippen LogP contribution in [0.4, 0.5) is 0 Å². The Morgan fingerprint density at radius 1 is 1.45 bits per heavy atom. The van der Waals surface area contributed by atoms with Gasteiger partial charge in [-0.15, -0.1) is 11.3 Å². The van der Waals surface area contributed by atoms with E-state index in [1.807, 2.05) is 38.3 Å². The van der Waals surface area contributed by atoms with Crippen LogP contribution in [0.25, 0.3) is 0 Å². The Hall–Kier alpha value is -1.40. The average molecular weight is 298 g/mol. The second-order valence-electron chi connectivity index (χ2n) is 5.70. The smallest absolute Gasteiger partial charge is 0.307 e. The van der Waals surface area contributed by atoms with Crippen molar-refractivity contribution in [3.63, 3.8) is 0 Å². The highest BCUT2D eigenvalue weighted by Crippen LogP contribution is 2.24. The molecule has 0 spiro atoms.